The maximum absolute atomic E-state index is 12.7. The third kappa shape index (κ3) is 4.34. The van der Waals surface area contributed by atoms with E-state index in [1.807, 2.05) is 0 Å². The van der Waals surface area contributed by atoms with Gasteiger partial charge in [-0.05, 0) is 40.4 Å². The van der Waals surface area contributed by atoms with Crippen LogP contribution in [0.2, 0.25) is 0 Å². The summed E-state index contributed by atoms with van der Waals surface area (Å²) in [5.41, 5.74) is 0.357. The maximum atomic E-state index is 12.7. The van der Waals surface area contributed by atoms with Crippen molar-refractivity contribution >= 4 is 22.5 Å². The zero-order chi connectivity index (χ0) is 20.1. The molecule has 7 nitrogen and oxygen atoms in total. The summed E-state index contributed by atoms with van der Waals surface area (Å²) in [6, 6.07) is 12.9. The number of amides is 1. The maximum Gasteiger partial charge on any atom is 0.314 e. The molecule has 144 valence electrons. The number of carbonyl (C=O) groups excluding carboxylic acids is 1. The van der Waals surface area contributed by atoms with Crippen molar-refractivity contribution in [2.45, 2.75) is 6.42 Å². The number of aromatic nitrogens is 3. The number of halogens is 3. The van der Waals surface area contributed by atoms with Crippen LogP contribution in [0.15, 0.2) is 65.2 Å². The molecule has 1 heterocycles. The van der Waals surface area contributed by atoms with Gasteiger partial charge in [0.1, 0.15) is 12.1 Å². The molecule has 28 heavy (non-hydrogen) atoms. The molecule has 1 amide bonds. The fraction of sp³-hybridized carbons (Fsp3) is 0.111. The molecule has 1 aromatic heterocycles. The zero-order valence-corrected chi connectivity index (χ0v) is 14.2. The van der Waals surface area contributed by atoms with E-state index in [0.717, 1.165) is 0 Å². The Morgan fingerprint density at radius 1 is 1.11 bits per heavy atom. The predicted molar refractivity (Wildman–Crippen MR) is 94.6 cm³/mol. The van der Waals surface area contributed by atoms with Crippen molar-refractivity contribution in [1.29, 1.82) is 0 Å². The van der Waals surface area contributed by atoms with Gasteiger partial charge in [-0.2, -0.15) is 8.78 Å². The Labute approximate surface area is 156 Å². The Morgan fingerprint density at radius 3 is 2.57 bits per heavy atom. The molecule has 0 saturated carbocycles. The third-order valence-corrected chi connectivity index (χ3v) is 3.67. The van der Waals surface area contributed by atoms with E-state index in [0.29, 0.717) is 16.1 Å². The Balaban J connectivity index is 1.76. The first kappa shape index (κ1) is 19.1. The largest absolute Gasteiger partial charge is 0.392 e. The number of rotatable bonds is 6. The quantitative estimate of drug-likeness (QED) is 0.700. The molecule has 1 N–H and O–H groups in total. The minimum absolute atomic E-state index is 0.125. The molecular weight excluding hydrogens is 377 g/mol. The van der Waals surface area contributed by atoms with Crippen molar-refractivity contribution in [3.8, 4) is 0 Å². The molecule has 3 rings (SSSR count). The normalized spacial score (nSPS) is 10.5. The van der Waals surface area contributed by atoms with Gasteiger partial charge in [0.05, 0.1) is 5.39 Å². The molecule has 10 heteroatoms. The van der Waals surface area contributed by atoms with Crippen LogP contribution in [0.4, 0.5) is 18.9 Å². The summed E-state index contributed by atoms with van der Waals surface area (Å²) in [6.45, 7) is -0.519. The van der Waals surface area contributed by atoms with Gasteiger partial charge in [-0.25, -0.2) is 4.39 Å². The summed E-state index contributed by atoms with van der Waals surface area (Å²) < 4.78 is 36.7. The Kier molecular flexibility index (Phi) is 5.68. The summed E-state index contributed by atoms with van der Waals surface area (Å²) in [5, 5.41) is 10.1. The third-order valence-electron chi connectivity index (χ3n) is 3.67. The molecule has 0 aliphatic rings. The zero-order valence-electron chi connectivity index (χ0n) is 14.2. The van der Waals surface area contributed by atoms with E-state index in [1.54, 1.807) is 30.3 Å². The highest BCUT2D eigenvalue weighted by Crippen LogP contribution is 2.15. The lowest BCUT2D eigenvalue weighted by Gasteiger charge is -2.08. The number of nitrogens with zero attached hydrogens (tertiary/aromatic N) is 3. The Hall–Kier alpha value is -3.69. The molecule has 0 radical (unpaired) electrons. The number of anilines is 1. The van der Waals surface area contributed by atoms with Crippen molar-refractivity contribution < 1.29 is 22.8 Å². The first-order valence-corrected chi connectivity index (χ1v) is 8.05. The van der Waals surface area contributed by atoms with Crippen molar-refractivity contribution in [3.63, 3.8) is 0 Å². The van der Waals surface area contributed by atoms with E-state index in [2.05, 4.69) is 15.6 Å². The van der Waals surface area contributed by atoms with E-state index < -0.39 is 30.5 Å². The van der Waals surface area contributed by atoms with Crippen molar-refractivity contribution in [1.82, 2.24) is 15.2 Å². The van der Waals surface area contributed by atoms with Gasteiger partial charge in [0.25, 0.3) is 5.91 Å². The molecule has 0 aliphatic heterocycles. The van der Waals surface area contributed by atoms with Crippen LogP contribution in [-0.4, -0.2) is 27.7 Å². The summed E-state index contributed by atoms with van der Waals surface area (Å²) in [7, 11) is 0. The van der Waals surface area contributed by atoms with Gasteiger partial charge < -0.3 is 10.2 Å². The molecule has 0 fully saturated rings. The molecule has 3 aromatic rings. The molecule has 2 aromatic carbocycles. The Bertz CT molecular complexity index is 1100. The topological polar surface area (TPSA) is 86.1 Å². The lowest BCUT2D eigenvalue weighted by Crippen LogP contribution is -2.31. The number of fused-ring (bicyclic) bond motifs is 1. The minimum Gasteiger partial charge on any atom is -0.392 e. The molecule has 0 saturated heterocycles. The fourth-order valence-corrected chi connectivity index (χ4v) is 2.30. The smallest absolute Gasteiger partial charge is 0.314 e. The highest BCUT2D eigenvalue weighted by molar-refractivity contribution is 6.04. The number of hydrogen-bond donors (Lipinski definition) is 1. The van der Waals surface area contributed by atoms with E-state index in [-0.39, 0.29) is 16.8 Å². The summed E-state index contributed by atoms with van der Waals surface area (Å²) in [6.07, 6.45) is -3.15. The molecular formula is C18H13F3N4O3. The van der Waals surface area contributed by atoms with Crippen LogP contribution in [0.25, 0.3) is 10.9 Å². The number of hydrogen-bond acceptors (Lipinski definition) is 5. The SMILES string of the molecule is O=C(Nc1ccc2c(=O)n(OCCC(F)=C(F)F)nnc2c1)c1ccccc1. The van der Waals surface area contributed by atoms with Crippen LogP contribution in [0.5, 0.6) is 0 Å². The molecule has 0 bridgehead atoms. The molecule has 0 spiro atoms. The van der Waals surface area contributed by atoms with Gasteiger partial charge in [0.2, 0.25) is 0 Å². The van der Waals surface area contributed by atoms with Gasteiger partial charge in [-0.15, -0.1) is 5.10 Å². The van der Waals surface area contributed by atoms with Gasteiger partial charge in [-0.1, -0.05) is 18.2 Å². The number of carbonyl (C=O) groups is 1. The highest BCUT2D eigenvalue weighted by Gasteiger charge is 2.11. The van der Waals surface area contributed by atoms with E-state index in [1.165, 1.54) is 18.2 Å². The fourth-order valence-electron chi connectivity index (χ4n) is 2.30. The van der Waals surface area contributed by atoms with Gasteiger partial charge in [0.15, 0.2) is 5.83 Å². The average molecular weight is 390 g/mol. The summed E-state index contributed by atoms with van der Waals surface area (Å²) in [5.74, 6) is -1.96. The Morgan fingerprint density at radius 2 is 1.86 bits per heavy atom. The second-order valence-corrected chi connectivity index (χ2v) is 5.57. The number of benzene rings is 2. The molecule has 0 atom stereocenters. The van der Waals surface area contributed by atoms with E-state index >= 15 is 0 Å². The van der Waals surface area contributed by atoms with Crippen molar-refractivity contribution in [2.75, 3.05) is 11.9 Å². The lowest BCUT2D eigenvalue weighted by atomic mass is 10.2. The van der Waals surface area contributed by atoms with E-state index in [4.69, 9.17) is 4.84 Å². The van der Waals surface area contributed by atoms with E-state index in [9.17, 15) is 22.8 Å². The van der Waals surface area contributed by atoms with Crippen molar-refractivity contribution in [3.05, 3.63) is 76.4 Å². The minimum atomic E-state index is -2.44. The molecule has 0 unspecified atom stereocenters. The first-order chi connectivity index (χ1) is 13.5. The van der Waals surface area contributed by atoms with Crippen LogP contribution in [-0.2, 0) is 0 Å². The van der Waals surface area contributed by atoms with Crippen LogP contribution >= 0.6 is 0 Å². The van der Waals surface area contributed by atoms with Crippen LogP contribution in [0.3, 0.4) is 0 Å². The lowest BCUT2D eigenvalue weighted by molar-refractivity contribution is 0.0659. The summed E-state index contributed by atoms with van der Waals surface area (Å²) >= 11 is 0. The molecule has 0 aliphatic carbocycles. The van der Waals surface area contributed by atoms with Crippen LogP contribution < -0.4 is 15.7 Å². The second-order valence-electron chi connectivity index (χ2n) is 5.57. The van der Waals surface area contributed by atoms with Gasteiger partial charge in [-0.3, -0.25) is 9.59 Å². The first-order valence-electron chi connectivity index (χ1n) is 8.05. The van der Waals surface area contributed by atoms with Gasteiger partial charge >= 0.3 is 11.6 Å². The average Bonchev–Trinajstić information content (AvgIpc) is 2.70. The van der Waals surface area contributed by atoms with Gasteiger partial charge in [0, 0.05) is 17.7 Å². The van der Waals surface area contributed by atoms with Crippen molar-refractivity contribution in [2.24, 2.45) is 0 Å². The number of nitrogens with one attached hydrogen (secondary N) is 1. The predicted octanol–water partition coefficient (Wildman–Crippen LogP) is 2.94. The van der Waals surface area contributed by atoms with Crippen LogP contribution in [0, 0.1) is 0 Å². The second kappa shape index (κ2) is 8.33. The summed E-state index contributed by atoms with van der Waals surface area (Å²) in [4.78, 5) is 29.8. The standard InChI is InChI=1S/C18H13F3N4O3/c19-14(16(20)21)8-9-28-25-18(27)13-7-6-12(10-15(13)23-24-25)22-17(26)11-4-2-1-3-5-11/h1-7,10H,8-9H2,(H,22,26). The van der Waals surface area contributed by atoms with Crippen LogP contribution in [0.1, 0.15) is 16.8 Å². The highest BCUT2D eigenvalue weighted by atomic mass is 19.3. The monoisotopic (exact) mass is 390 g/mol.